The predicted molar refractivity (Wildman–Crippen MR) is 99.1 cm³/mol. The van der Waals surface area contributed by atoms with Gasteiger partial charge in [-0.25, -0.2) is 4.98 Å². The van der Waals surface area contributed by atoms with Crippen LogP contribution in [0.5, 0.6) is 0 Å². The van der Waals surface area contributed by atoms with Crippen molar-refractivity contribution in [2.24, 2.45) is 5.92 Å². The summed E-state index contributed by atoms with van der Waals surface area (Å²) in [5, 5.41) is 0. The first kappa shape index (κ1) is 16.3. The summed E-state index contributed by atoms with van der Waals surface area (Å²) in [5.41, 5.74) is 2.03. The van der Waals surface area contributed by atoms with Crippen molar-refractivity contribution in [3.05, 3.63) is 42.7 Å². The number of para-hydroxylation sites is 2. The first-order valence-electron chi connectivity index (χ1n) is 9.34. The van der Waals surface area contributed by atoms with Gasteiger partial charge in [-0.05, 0) is 25.0 Å². The van der Waals surface area contributed by atoms with Gasteiger partial charge in [0.1, 0.15) is 5.82 Å². The molecule has 5 heteroatoms. The Morgan fingerprint density at radius 1 is 1.28 bits per heavy atom. The Kier molecular flexibility index (Phi) is 4.57. The number of carbonyl (C=O) groups is 1. The van der Waals surface area contributed by atoms with Gasteiger partial charge in [-0.2, -0.15) is 0 Å². The molecule has 0 spiro atoms. The number of nitrogens with zero attached hydrogens (tertiary/aromatic N) is 3. The Hall–Kier alpha value is -2.14. The van der Waals surface area contributed by atoms with Gasteiger partial charge in [0.15, 0.2) is 0 Å². The number of hydrogen-bond donors (Lipinski definition) is 1. The largest absolute Gasteiger partial charge is 0.341 e. The number of benzene rings is 1. The minimum atomic E-state index is 0.101. The molecule has 0 bridgehead atoms. The summed E-state index contributed by atoms with van der Waals surface area (Å²) in [6.45, 7) is 7.09. The molecule has 1 amide bonds. The summed E-state index contributed by atoms with van der Waals surface area (Å²) in [4.78, 5) is 25.5. The molecule has 2 aromatic rings. The molecule has 1 aliphatic heterocycles. The van der Waals surface area contributed by atoms with E-state index in [0.29, 0.717) is 12.5 Å². The lowest BCUT2D eigenvalue weighted by Crippen LogP contribution is -2.51. The highest BCUT2D eigenvalue weighted by molar-refractivity contribution is 5.79. The van der Waals surface area contributed by atoms with Crippen molar-refractivity contribution in [2.75, 3.05) is 26.2 Å². The van der Waals surface area contributed by atoms with Crippen molar-refractivity contribution in [3.8, 4) is 0 Å². The van der Waals surface area contributed by atoms with E-state index in [9.17, 15) is 4.79 Å². The summed E-state index contributed by atoms with van der Waals surface area (Å²) in [5.74, 6) is 1.53. The van der Waals surface area contributed by atoms with E-state index in [1.165, 1.54) is 12.8 Å². The summed E-state index contributed by atoms with van der Waals surface area (Å²) >= 11 is 0. The third kappa shape index (κ3) is 3.21. The second-order valence-electron chi connectivity index (χ2n) is 7.20. The number of rotatable bonds is 4. The van der Waals surface area contributed by atoms with E-state index in [1.807, 2.05) is 30.3 Å². The zero-order valence-corrected chi connectivity index (χ0v) is 14.7. The third-order valence-electron chi connectivity index (χ3n) is 5.59. The van der Waals surface area contributed by atoms with E-state index in [1.54, 1.807) is 0 Å². The quantitative estimate of drug-likeness (QED) is 0.872. The number of amides is 1. The standard InChI is InChI=1S/C20H26N4O/c1-2-11-23-12-13-24(20(25)15-7-3-4-8-15)14-18(23)19-21-16-9-5-6-10-17(16)22-19/h2,5-6,9-10,15,18H,1,3-4,7-8,11-14H2,(H,21,22). The van der Waals surface area contributed by atoms with E-state index in [-0.39, 0.29) is 12.0 Å². The molecule has 1 N–H and O–H groups in total. The second kappa shape index (κ2) is 7.00. The van der Waals surface area contributed by atoms with Crippen LogP contribution >= 0.6 is 0 Å². The molecule has 132 valence electrons. The zero-order chi connectivity index (χ0) is 17.2. The first-order chi connectivity index (χ1) is 12.3. The lowest BCUT2D eigenvalue weighted by atomic mass is 10.0. The molecule has 2 aliphatic rings. The van der Waals surface area contributed by atoms with E-state index in [2.05, 4.69) is 21.4 Å². The van der Waals surface area contributed by atoms with E-state index in [0.717, 1.165) is 49.3 Å². The molecule has 2 heterocycles. The molecule has 1 aliphatic carbocycles. The second-order valence-corrected chi connectivity index (χ2v) is 7.20. The Morgan fingerprint density at radius 2 is 2.08 bits per heavy atom. The topological polar surface area (TPSA) is 52.2 Å². The maximum Gasteiger partial charge on any atom is 0.225 e. The fourth-order valence-corrected chi connectivity index (χ4v) is 4.23. The van der Waals surface area contributed by atoms with Crippen molar-refractivity contribution >= 4 is 16.9 Å². The molecule has 25 heavy (non-hydrogen) atoms. The number of piperazine rings is 1. The molecule has 1 aromatic heterocycles. The van der Waals surface area contributed by atoms with Crippen LogP contribution < -0.4 is 0 Å². The molecule has 1 saturated carbocycles. The van der Waals surface area contributed by atoms with Crippen LogP contribution in [0.25, 0.3) is 11.0 Å². The van der Waals surface area contributed by atoms with Crippen LogP contribution in [0.15, 0.2) is 36.9 Å². The molecule has 2 fully saturated rings. The number of aromatic nitrogens is 2. The van der Waals surface area contributed by atoms with Crippen LogP contribution in [0.1, 0.15) is 37.5 Å². The van der Waals surface area contributed by atoms with Gasteiger partial charge in [-0.1, -0.05) is 31.1 Å². The van der Waals surface area contributed by atoms with Gasteiger partial charge < -0.3 is 9.88 Å². The van der Waals surface area contributed by atoms with Gasteiger partial charge in [0.05, 0.1) is 17.1 Å². The highest BCUT2D eigenvalue weighted by Crippen LogP contribution is 2.30. The molecule has 1 saturated heterocycles. The number of imidazole rings is 1. The number of aromatic amines is 1. The maximum atomic E-state index is 12.9. The number of hydrogen-bond acceptors (Lipinski definition) is 3. The van der Waals surface area contributed by atoms with Crippen LogP contribution in [-0.4, -0.2) is 51.9 Å². The van der Waals surface area contributed by atoms with Crippen molar-refractivity contribution in [1.82, 2.24) is 19.8 Å². The van der Waals surface area contributed by atoms with Crippen molar-refractivity contribution < 1.29 is 4.79 Å². The molecular formula is C20H26N4O. The molecular weight excluding hydrogens is 312 g/mol. The highest BCUT2D eigenvalue weighted by Gasteiger charge is 2.35. The van der Waals surface area contributed by atoms with Gasteiger partial charge in [-0.3, -0.25) is 9.69 Å². The SMILES string of the molecule is C=CCN1CCN(C(=O)C2CCCC2)CC1c1nc2ccccc2[nH]1. The van der Waals surface area contributed by atoms with Crippen LogP contribution in [0.4, 0.5) is 0 Å². The third-order valence-corrected chi connectivity index (χ3v) is 5.59. The maximum absolute atomic E-state index is 12.9. The van der Waals surface area contributed by atoms with Gasteiger partial charge in [0.25, 0.3) is 0 Å². The number of nitrogens with one attached hydrogen (secondary N) is 1. The molecule has 5 nitrogen and oxygen atoms in total. The molecule has 1 unspecified atom stereocenters. The van der Waals surface area contributed by atoms with Crippen molar-refractivity contribution in [3.63, 3.8) is 0 Å². The minimum absolute atomic E-state index is 0.101. The lowest BCUT2D eigenvalue weighted by Gasteiger charge is -2.41. The summed E-state index contributed by atoms with van der Waals surface area (Å²) < 4.78 is 0. The Balaban J connectivity index is 1.58. The van der Waals surface area contributed by atoms with Crippen molar-refractivity contribution in [2.45, 2.75) is 31.7 Å². The summed E-state index contributed by atoms with van der Waals surface area (Å²) in [6.07, 6.45) is 6.44. The average molecular weight is 338 g/mol. The fraction of sp³-hybridized carbons (Fsp3) is 0.500. The Labute approximate surface area is 148 Å². The van der Waals surface area contributed by atoms with Gasteiger partial charge >= 0.3 is 0 Å². The Bertz CT molecular complexity index is 729. The highest BCUT2D eigenvalue weighted by atomic mass is 16.2. The van der Waals surface area contributed by atoms with E-state index in [4.69, 9.17) is 4.98 Å². The van der Waals surface area contributed by atoms with Crippen LogP contribution in [0.3, 0.4) is 0 Å². The number of fused-ring (bicyclic) bond motifs is 1. The van der Waals surface area contributed by atoms with Crippen LogP contribution in [0, 0.1) is 5.92 Å². The number of carbonyl (C=O) groups excluding carboxylic acids is 1. The predicted octanol–water partition coefficient (Wildman–Crippen LogP) is 3.12. The average Bonchev–Trinajstić information content (AvgIpc) is 3.31. The van der Waals surface area contributed by atoms with Crippen molar-refractivity contribution in [1.29, 1.82) is 0 Å². The van der Waals surface area contributed by atoms with Gasteiger partial charge in [0, 0.05) is 32.1 Å². The first-order valence-corrected chi connectivity index (χ1v) is 9.34. The fourth-order valence-electron chi connectivity index (χ4n) is 4.23. The molecule has 1 atom stereocenters. The minimum Gasteiger partial charge on any atom is -0.341 e. The normalized spacial score (nSPS) is 22.6. The van der Waals surface area contributed by atoms with Crippen LogP contribution in [0.2, 0.25) is 0 Å². The summed E-state index contributed by atoms with van der Waals surface area (Å²) in [6, 6.07) is 8.20. The molecule has 0 radical (unpaired) electrons. The molecule has 4 rings (SSSR count). The van der Waals surface area contributed by atoms with Crippen LogP contribution in [-0.2, 0) is 4.79 Å². The summed E-state index contributed by atoms with van der Waals surface area (Å²) in [7, 11) is 0. The monoisotopic (exact) mass is 338 g/mol. The zero-order valence-electron chi connectivity index (χ0n) is 14.7. The van der Waals surface area contributed by atoms with Gasteiger partial charge in [0.2, 0.25) is 5.91 Å². The van der Waals surface area contributed by atoms with E-state index < -0.39 is 0 Å². The lowest BCUT2D eigenvalue weighted by molar-refractivity contribution is -0.138. The van der Waals surface area contributed by atoms with Gasteiger partial charge in [-0.15, -0.1) is 6.58 Å². The smallest absolute Gasteiger partial charge is 0.225 e. The number of H-pyrrole nitrogens is 1. The van der Waals surface area contributed by atoms with E-state index >= 15 is 0 Å². The Morgan fingerprint density at radius 3 is 2.84 bits per heavy atom. The molecule has 1 aromatic carbocycles.